The molecule has 2 N–H and O–H groups in total. The van der Waals surface area contributed by atoms with Crippen molar-refractivity contribution in [1.29, 1.82) is 0 Å². The summed E-state index contributed by atoms with van der Waals surface area (Å²) in [4.78, 5) is 16.9. The molecule has 1 fully saturated rings. The molecule has 1 aromatic heterocycles. The van der Waals surface area contributed by atoms with Crippen molar-refractivity contribution in [2.24, 2.45) is 0 Å². The van der Waals surface area contributed by atoms with Crippen LogP contribution in [0, 0.1) is 0 Å². The fourth-order valence-corrected chi connectivity index (χ4v) is 5.09. The van der Waals surface area contributed by atoms with Crippen molar-refractivity contribution in [2.45, 2.75) is 30.0 Å². The quantitative estimate of drug-likeness (QED) is 0.881. The second-order valence-electron chi connectivity index (χ2n) is 5.81. The smallest absolute Gasteiger partial charge is 0.322 e. The monoisotopic (exact) mass is 350 g/mol. The normalized spacial score (nSPS) is 22.9. The average molecular weight is 350 g/mol. The number of nitrogens with zero attached hydrogens (tertiary/aromatic N) is 1. The summed E-state index contributed by atoms with van der Waals surface area (Å²) in [5.41, 5.74) is 0.947. The predicted octanol–water partition coefficient (Wildman–Crippen LogP) is 3.39. The molecule has 1 aliphatic rings. The molecule has 0 spiro atoms. The summed E-state index contributed by atoms with van der Waals surface area (Å²) in [6.07, 6.45) is 1.82. The van der Waals surface area contributed by atoms with E-state index in [1.165, 1.54) is 0 Å². The molecule has 5 nitrogen and oxygen atoms in total. The van der Waals surface area contributed by atoms with Crippen LogP contribution in [0.3, 0.4) is 0 Å². The Bertz CT molecular complexity index is 730. The maximum Gasteiger partial charge on any atom is 0.322 e. The third-order valence-electron chi connectivity index (χ3n) is 3.80. The van der Waals surface area contributed by atoms with Crippen molar-refractivity contribution in [3.63, 3.8) is 0 Å². The first-order valence-corrected chi connectivity index (χ1v) is 8.88. The zero-order valence-electron chi connectivity index (χ0n) is 13.1. The highest BCUT2D eigenvalue weighted by molar-refractivity contribution is 8.01. The Morgan fingerprint density at radius 3 is 2.78 bits per heavy atom. The first kappa shape index (κ1) is 16.3. The number of thiazole rings is 1. The van der Waals surface area contributed by atoms with Gasteiger partial charge in [0.1, 0.15) is 16.8 Å². The minimum absolute atomic E-state index is 0.0629. The lowest BCUT2D eigenvalue weighted by Gasteiger charge is -2.20. The number of carbonyl (C=O) groups is 1. The summed E-state index contributed by atoms with van der Waals surface area (Å²) in [7, 11) is 1.64. The van der Waals surface area contributed by atoms with Crippen LogP contribution in [0.4, 0.5) is 0 Å². The molecule has 2 heterocycles. The van der Waals surface area contributed by atoms with Gasteiger partial charge in [0.2, 0.25) is 0 Å². The lowest BCUT2D eigenvalue weighted by Crippen LogP contribution is -2.43. The lowest BCUT2D eigenvalue weighted by molar-refractivity contribution is -0.139. The van der Waals surface area contributed by atoms with Crippen LogP contribution in [-0.4, -0.2) is 34.0 Å². The van der Waals surface area contributed by atoms with E-state index in [0.717, 1.165) is 21.2 Å². The van der Waals surface area contributed by atoms with Crippen LogP contribution in [0.1, 0.15) is 24.1 Å². The van der Waals surface area contributed by atoms with Crippen LogP contribution in [0.25, 0.3) is 10.6 Å². The molecule has 3 rings (SSSR count). The van der Waals surface area contributed by atoms with E-state index in [4.69, 9.17) is 4.74 Å². The van der Waals surface area contributed by atoms with Crippen molar-refractivity contribution in [3.8, 4) is 16.3 Å². The molecular formula is C16H18N2O3S2. The van der Waals surface area contributed by atoms with Gasteiger partial charge in [-0.3, -0.25) is 10.1 Å². The Kier molecular flexibility index (Phi) is 4.35. The van der Waals surface area contributed by atoms with E-state index in [1.807, 2.05) is 44.3 Å². The second kappa shape index (κ2) is 6.14. The average Bonchev–Trinajstić information content (AvgIpc) is 3.11. The minimum atomic E-state index is -0.820. The first-order chi connectivity index (χ1) is 10.9. The number of ether oxygens (including phenoxy) is 1. The van der Waals surface area contributed by atoms with Crippen molar-refractivity contribution < 1.29 is 14.6 Å². The molecule has 23 heavy (non-hydrogen) atoms. The number of thioether (sulfide) groups is 1. The van der Waals surface area contributed by atoms with Gasteiger partial charge in [0.15, 0.2) is 0 Å². The number of para-hydroxylation sites is 1. The van der Waals surface area contributed by atoms with E-state index < -0.39 is 12.0 Å². The van der Waals surface area contributed by atoms with Crippen LogP contribution in [0.15, 0.2) is 30.5 Å². The summed E-state index contributed by atoms with van der Waals surface area (Å²) >= 11 is 3.18. The van der Waals surface area contributed by atoms with Crippen LogP contribution < -0.4 is 10.1 Å². The maximum absolute atomic E-state index is 11.4. The summed E-state index contributed by atoms with van der Waals surface area (Å²) in [5, 5.41) is 13.4. The SMILES string of the molecule is COc1ccccc1-c1ncc(C2NC(C(=O)O)C(C)(C)S2)s1. The molecule has 1 aliphatic heterocycles. The molecule has 2 atom stereocenters. The third-order valence-corrected chi connectivity index (χ3v) is 6.51. The number of hydrogen-bond acceptors (Lipinski definition) is 6. The van der Waals surface area contributed by atoms with Gasteiger partial charge in [0.25, 0.3) is 0 Å². The lowest BCUT2D eigenvalue weighted by atomic mass is 10.0. The summed E-state index contributed by atoms with van der Waals surface area (Å²) < 4.78 is 5.01. The number of carboxylic acids is 1. The molecule has 7 heteroatoms. The largest absolute Gasteiger partial charge is 0.496 e. The highest BCUT2D eigenvalue weighted by Crippen LogP contribution is 2.48. The van der Waals surface area contributed by atoms with Gasteiger partial charge in [-0.05, 0) is 26.0 Å². The molecule has 0 aliphatic carbocycles. The fraction of sp³-hybridized carbons (Fsp3) is 0.375. The number of carboxylic acid groups (broad SMARTS) is 1. The first-order valence-electron chi connectivity index (χ1n) is 7.18. The van der Waals surface area contributed by atoms with Gasteiger partial charge in [-0.1, -0.05) is 12.1 Å². The standard InChI is InChI=1S/C16H18N2O3S2/c1-16(2)12(15(19)20)18-14(23-16)11-8-17-13(22-11)9-6-4-5-7-10(9)21-3/h4-8,12,14,18H,1-3H3,(H,19,20). The number of methoxy groups -OCH3 is 1. The zero-order valence-corrected chi connectivity index (χ0v) is 14.7. The highest BCUT2D eigenvalue weighted by Gasteiger charge is 2.46. The summed E-state index contributed by atoms with van der Waals surface area (Å²) in [6.45, 7) is 3.90. The van der Waals surface area contributed by atoms with Crippen LogP contribution in [0.5, 0.6) is 5.75 Å². The van der Waals surface area contributed by atoms with Crippen LogP contribution in [-0.2, 0) is 4.79 Å². The Hall–Kier alpha value is -1.57. The number of aromatic nitrogens is 1. The molecule has 0 amide bonds. The Balaban J connectivity index is 1.87. The van der Waals surface area contributed by atoms with Crippen molar-refractivity contribution in [1.82, 2.24) is 10.3 Å². The summed E-state index contributed by atoms with van der Waals surface area (Å²) in [6, 6.07) is 7.17. The molecule has 1 saturated heterocycles. The molecule has 1 aromatic carbocycles. The van der Waals surface area contributed by atoms with E-state index in [0.29, 0.717) is 0 Å². The van der Waals surface area contributed by atoms with Gasteiger partial charge in [-0.25, -0.2) is 4.98 Å². The molecule has 122 valence electrons. The second-order valence-corrected chi connectivity index (χ2v) is 8.63. The molecule has 2 unspecified atom stereocenters. The number of benzene rings is 1. The van der Waals surface area contributed by atoms with E-state index >= 15 is 0 Å². The van der Waals surface area contributed by atoms with E-state index in [2.05, 4.69) is 10.3 Å². The van der Waals surface area contributed by atoms with Crippen LogP contribution in [0.2, 0.25) is 0 Å². The Morgan fingerprint density at radius 2 is 2.13 bits per heavy atom. The topological polar surface area (TPSA) is 71.5 Å². The Morgan fingerprint density at radius 1 is 1.39 bits per heavy atom. The van der Waals surface area contributed by atoms with E-state index in [9.17, 15) is 9.90 Å². The Labute approximate surface area is 143 Å². The third kappa shape index (κ3) is 3.08. The molecule has 2 aromatic rings. The van der Waals surface area contributed by atoms with E-state index in [1.54, 1.807) is 30.2 Å². The van der Waals surface area contributed by atoms with Crippen molar-refractivity contribution in [3.05, 3.63) is 35.3 Å². The van der Waals surface area contributed by atoms with Gasteiger partial charge in [0, 0.05) is 10.9 Å². The molecule has 0 saturated carbocycles. The highest BCUT2D eigenvalue weighted by atomic mass is 32.2. The van der Waals surface area contributed by atoms with E-state index in [-0.39, 0.29) is 10.1 Å². The zero-order chi connectivity index (χ0) is 16.6. The van der Waals surface area contributed by atoms with Gasteiger partial charge in [-0.2, -0.15) is 0 Å². The van der Waals surface area contributed by atoms with Crippen molar-refractivity contribution >= 4 is 29.1 Å². The maximum atomic E-state index is 11.4. The number of aliphatic carboxylic acids is 1. The van der Waals surface area contributed by atoms with Gasteiger partial charge in [0.05, 0.1) is 22.9 Å². The number of hydrogen-bond donors (Lipinski definition) is 2. The minimum Gasteiger partial charge on any atom is -0.496 e. The van der Waals surface area contributed by atoms with Gasteiger partial charge < -0.3 is 9.84 Å². The van der Waals surface area contributed by atoms with Gasteiger partial charge >= 0.3 is 5.97 Å². The molecular weight excluding hydrogens is 332 g/mol. The van der Waals surface area contributed by atoms with Crippen molar-refractivity contribution in [2.75, 3.05) is 7.11 Å². The number of nitrogens with one attached hydrogen (secondary N) is 1. The molecule has 0 bridgehead atoms. The summed E-state index contributed by atoms with van der Waals surface area (Å²) in [5.74, 6) is -0.0383. The van der Waals surface area contributed by atoms with Crippen LogP contribution >= 0.6 is 23.1 Å². The van der Waals surface area contributed by atoms with Gasteiger partial charge in [-0.15, -0.1) is 23.1 Å². The number of rotatable bonds is 4. The fourth-order valence-electron chi connectivity index (χ4n) is 2.62. The predicted molar refractivity (Wildman–Crippen MR) is 93.1 cm³/mol. The molecule has 0 radical (unpaired) electrons.